The predicted molar refractivity (Wildman–Crippen MR) is 78.4 cm³/mol. The predicted octanol–water partition coefficient (Wildman–Crippen LogP) is -1.50. The van der Waals surface area contributed by atoms with E-state index in [9.17, 15) is 20.1 Å². The van der Waals surface area contributed by atoms with Crippen molar-refractivity contribution in [3.8, 4) is 5.75 Å². The average molecular weight is 327 g/mol. The smallest absolute Gasteiger partial charge is 0.308 e. The van der Waals surface area contributed by atoms with Crippen LogP contribution in [0.5, 0.6) is 5.75 Å². The minimum atomic E-state index is -1.44. The zero-order chi connectivity index (χ0) is 17.0. The molecule has 0 amide bonds. The van der Waals surface area contributed by atoms with Crippen molar-refractivity contribution in [3.05, 3.63) is 29.8 Å². The molecule has 1 unspecified atom stereocenters. The fourth-order valence-electron chi connectivity index (χ4n) is 2.39. The van der Waals surface area contributed by atoms with E-state index >= 15 is 0 Å². The fourth-order valence-corrected chi connectivity index (χ4v) is 2.39. The van der Waals surface area contributed by atoms with Crippen molar-refractivity contribution < 1.29 is 34.7 Å². The molecule has 1 aromatic carbocycles. The molecule has 0 aromatic heterocycles. The summed E-state index contributed by atoms with van der Waals surface area (Å²) in [5, 5.41) is 41.4. The van der Waals surface area contributed by atoms with Crippen molar-refractivity contribution in [2.75, 3.05) is 6.61 Å². The van der Waals surface area contributed by atoms with Gasteiger partial charge in [-0.2, -0.15) is 0 Å². The van der Waals surface area contributed by atoms with Gasteiger partial charge in [0.1, 0.15) is 36.4 Å². The molecule has 5 N–H and O–H groups in total. The van der Waals surface area contributed by atoms with E-state index in [4.69, 9.17) is 14.6 Å². The van der Waals surface area contributed by atoms with Gasteiger partial charge in [-0.3, -0.25) is 10.1 Å². The highest BCUT2D eigenvalue weighted by Crippen LogP contribution is 2.22. The third kappa shape index (κ3) is 4.25. The summed E-state index contributed by atoms with van der Waals surface area (Å²) in [6, 6.07) is 6.84. The highest BCUT2D eigenvalue weighted by Gasteiger charge is 2.43. The number of rotatable bonds is 5. The van der Waals surface area contributed by atoms with E-state index in [0.29, 0.717) is 11.3 Å². The van der Waals surface area contributed by atoms with E-state index in [1.165, 1.54) is 6.92 Å². The van der Waals surface area contributed by atoms with E-state index in [-0.39, 0.29) is 6.54 Å². The standard InChI is InChI=1S/C15H21NO7/c1-8(18)22-10-5-3-2-4-9(10)6-16-15-14(21)13(20)12(19)11(7-17)23-15/h2-5,11-17,19-21H,6-7H2,1H3/t11-,12-,13+,14+,15?/m1/s1. The van der Waals surface area contributed by atoms with Gasteiger partial charge in [0, 0.05) is 19.0 Å². The number of carbonyl (C=O) groups is 1. The Hall–Kier alpha value is -1.55. The zero-order valence-electron chi connectivity index (χ0n) is 12.6. The Morgan fingerprint density at radius 1 is 1.22 bits per heavy atom. The van der Waals surface area contributed by atoms with Crippen LogP contribution >= 0.6 is 0 Å². The Kier molecular flexibility index (Phi) is 6.05. The van der Waals surface area contributed by atoms with Crippen molar-refractivity contribution in [2.24, 2.45) is 0 Å². The molecule has 23 heavy (non-hydrogen) atoms. The Balaban J connectivity index is 2.04. The van der Waals surface area contributed by atoms with Crippen LogP contribution < -0.4 is 10.1 Å². The molecule has 8 heteroatoms. The maximum absolute atomic E-state index is 11.1. The van der Waals surface area contributed by atoms with Crippen molar-refractivity contribution in [1.29, 1.82) is 0 Å². The molecule has 1 aliphatic rings. The van der Waals surface area contributed by atoms with Gasteiger partial charge < -0.3 is 29.9 Å². The highest BCUT2D eigenvalue weighted by atomic mass is 16.6. The quantitative estimate of drug-likeness (QED) is 0.326. The summed E-state index contributed by atoms with van der Waals surface area (Å²) in [4.78, 5) is 11.1. The van der Waals surface area contributed by atoms with Gasteiger partial charge in [0.2, 0.25) is 0 Å². The van der Waals surface area contributed by atoms with Gasteiger partial charge in [0.05, 0.1) is 6.61 Å². The Morgan fingerprint density at radius 2 is 1.91 bits per heavy atom. The van der Waals surface area contributed by atoms with Gasteiger partial charge in [0.15, 0.2) is 0 Å². The van der Waals surface area contributed by atoms with E-state index in [2.05, 4.69) is 5.32 Å². The SMILES string of the molecule is CC(=O)Oc1ccccc1CNC1O[C@H](CO)[C@@H](O)[C@H](O)[C@@H]1O. The number of benzene rings is 1. The van der Waals surface area contributed by atoms with Crippen LogP contribution in [0.1, 0.15) is 12.5 Å². The lowest BCUT2D eigenvalue weighted by atomic mass is 9.98. The van der Waals surface area contributed by atoms with E-state index in [1.807, 2.05) is 0 Å². The van der Waals surface area contributed by atoms with Crippen LogP contribution in [-0.2, 0) is 16.1 Å². The van der Waals surface area contributed by atoms with E-state index in [0.717, 1.165) is 0 Å². The van der Waals surface area contributed by atoms with Gasteiger partial charge >= 0.3 is 5.97 Å². The third-order valence-corrected chi connectivity index (χ3v) is 3.61. The number of aliphatic hydroxyl groups excluding tert-OH is 4. The second-order valence-electron chi connectivity index (χ2n) is 5.33. The van der Waals surface area contributed by atoms with Crippen LogP contribution in [0.25, 0.3) is 0 Å². The lowest BCUT2D eigenvalue weighted by molar-refractivity contribution is -0.236. The number of hydrogen-bond donors (Lipinski definition) is 5. The van der Waals surface area contributed by atoms with Gasteiger partial charge in [-0.05, 0) is 6.07 Å². The number of aliphatic hydroxyl groups is 4. The van der Waals surface area contributed by atoms with Crippen LogP contribution in [-0.4, -0.2) is 63.6 Å². The molecule has 1 aliphatic heterocycles. The molecule has 1 fully saturated rings. The minimum absolute atomic E-state index is 0.187. The maximum atomic E-state index is 11.1. The van der Waals surface area contributed by atoms with Gasteiger partial charge in [0.25, 0.3) is 0 Å². The molecule has 1 aromatic rings. The minimum Gasteiger partial charge on any atom is -0.426 e. The summed E-state index contributed by atoms with van der Waals surface area (Å²) in [5.41, 5.74) is 0.652. The molecular weight excluding hydrogens is 306 g/mol. The molecule has 1 saturated heterocycles. The maximum Gasteiger partial charge on any atom is 0.308 e. The highest BCUT2D eigenvalue weighted by molar-refractivity contribution is 5.69. The number of para-hydroxylation sites is 1. The molecule has 5 atom stereocenters. The van der Waals surface area contributed by atoms with Crippen molar-refractivity contribution in [2.45, 2.75) is 44.1 Å². The van der Waals surface area contributed by atoms with E-state index < -0.39 is 43.2 Å². The monoisotopic (exact) mass is 327 g/mol. The number of esters is 1. The summed E-state index contributed by atoms with van der Waals surface area (Å²) in [6.07, 6.45) is -6.18. The first kappa shape index (κ1) is 17.8. The molecule has 0 radical (unpaired) electrons. The molecule has 8 nitrogen and oxygen atoms in total. The summed E-state index contributed by atoms with van der Waals surface area (Å²) >= 11 is 0. The molecular formula is C15H21NO7. The van der Waals surface area contributed by atoms with Crippen molar-refractivity contribution >= 4 is 5.97 Å². The number of nitrogens with one attached hydrogen (secondary N) is 1. The van der Waals surface area contributed by atoms with Gasteiger partial charge in [-0.1, -0.05) is 18.2 Å². The Labute approximate surface area is 133 Å². The summed E-state index contributed by atoms with van der Waals surface area (Å²) < 4.78 is 10.4. The van der Waals surface area contributed by atoms with Crippen molar-refractivity contribution in [1.82, 2.24) is 5.32 Å². The average Bonchev–Trinajstić information content (AvgIpc) is 2.53. The lowest BCUT2D eigenvalue weighted by Gasteiger charge is -2.40. The summed E-state index contributed by atoms with van der Waals surface area (Å²) in [6.45, 7) is 0.987. The number of ether oxygens (including phenoxy) is 2. The first-order valence-corrected chi connectivity index (χ1v) is 7.24. The van der Waals surface area contributed by atoms with E-state index in [1.54, 1.807) is 24.3 Å². The molecule has 0 aliphatic carbocycles. The molecule has 0 spiro atoms. The van der Waals surface area contributed by atoms with Crippen LogP contribution in [0.4, 0.5) is 0 Å². The molecule has 1 heterocycles. The Bertz CT molecular complexity index is 536. The topological polar surface area (TPSA) is 128 Å². The summed E-state index contributed by atoms with van der Waals surface area (Å²) in [5.74, 6) is -0.0811. The molecule has 2 rings (SSSR count). The van der Waals surface area contributed by atoms with Crippen LogP contribution in [0.3, 0.4) is 0 Å². The lowest BCUT2D eigenvalue weighted by Crippen LogP contribution is -2.62. The largest absolute Gasteiger partial charge is 0.426 e. The van der Waals surface area contributed by atoms with Crippen LogP contribution in [0.2, 0.25) is 0 Å². The molecule has 0 bridgehead atoms. The van der Waals surface area contributed by atoms with Gasteiger partial charge in [-0.15, -0.1) is 0 Å². The third-order valence-electron chi connectivity index (χ3n) is 3.61. The first-order valence-electron chi connectivity index (χ1n) is 7.24. The first-order chi connectivity index (χ1) is 10.9. The molecule has 128 valence electrons. The van der Waals surface area contributed by atoms with Gasteiger partial charge in [-0.25, -0.2) is 0 Å². The fraction of sp³-hybridized carbons (Fsp3) is 0.533. The zero-order valence-corrected chi connectivity index (χ0v) is 12.6. The van der Waals surface area contributed by atoms with Crippen molar-refractivity contribution in [3.63, 3.8) is 0 Å². The molecule has 0 saturated carbocycles. The normalized spacial score (nSPS) is 30.9. The van der Waals surface area contributed by atoms with Crippen LogP contribution in [0.15, 0.2) is 24.3 Å². The Morgan fingerprint density at radius 3 is 2.57 bits per heavy atom. The number of hydrogen-bond acceptors (Lipinski definition) is 8. The van der Waals surface area contributed by atoms with Crippen LogP contribution in [0, 0.1) is 0 Å². The number of carbonyl (C=O) groups excluding carboxylic acids is 1. The second kappa shape index (κ2) is 7.82. The summed E-state index contributed by atoms with van der Waals surface area (Å²) in [7, 11) is 0. The second-order valence-corrected chi connectivity index (χ2v) is 5.33.